The van der Waals surface area contributed by atoms with E-state index < -0.39 is 47.7 Å². The van der Waals surface area contributed by atoms with Crippen LogP contribution in [0.1, 0.15) is 83.1 Å². The second kappa shape index (κ2) is 14.4. The molecule has 4 aromatic rings. The van der Waals surface area contributed by atoms with Crippen molar-refractivity contribution in [2.45, 2.75) is 131 Å². The second-order valence-corrected chi connectivity index (χ2v) is 28.6. The highest BCUT2D eigenvalue weighted by Gasteiger charge is 2.41. The van der Waals surface area contributed by atoms with Gasteiger partial charge in [-0.05, 0) is 102 Å². The maximum absolute atomic E-state index is 13.6. The molecule has 0 saturated carbocycles. The van der Waals surface area contributed by atoms with E-state index in [9.17, 15) is 9.59 Å². The van der Waals surface area contributed by atoms with Crippen molar-refractivity contribution < 1.29 is 37.2 Å². The van der Waals surface area contributed by atoms with Crippen molar-refractivity contribution in [3.63, 3.8) is 0 Å². The summed E-state index contributed by atoms with van der Waals surface area (Å²) >= 11 is 13.9. The molecule has 0 aliphatic heterocycles. The summed E-state index contributed by atoms with van der Waals surface area (Å²) in [4.78, 5) is 27.3. The van der Waals surface area contributed by atoms with Gasteiger partial charge in [0.15, 0.2) is 11.8 Å². The number of nitrogens with zero attached hydrogens (tertiary/aromatic N) is 2. The third-order valence-corrected chi connectivity index (χ3v) is 19.1. The summed E-state index contributed by atoms with van der Waals surface area (Å²) in [5.41, 5.74) is -0.661. The van der Waals surface area contributed by atoms with Gasteiger partial charge in [0, 0.05) is 22.9 Å². The zero-order valence-electron chi connectivity index (χ0n) is 34.1. The largest absolute Gasteiger partial charge is 0.578 e. The van der Waals surface area contributed by atoms with Crippen LogP contribution in [-0.2, 0) is 9.47 Å². The number of benzene rings is 2. The van der Waals surface area contributed by atoms with Crippen molar-refractivity contribution in [1.29, 1.82) is 0 Å². The van der Waals surface area contributed by atoms with Crippen LogP contribution in [0.25, 0.3) is 21.8 Å². The molecule has 10 nitrogen and oxygen atoms in total. The minimum Gasteiger partial charge on any atom is -0.542 e. The van der Waals surface area contributed by atoms with Gasteiger partial charge in [0.05, 0.1) is 21.1 Å². The van der Waals surface area contributed by atoms with Gasteiger partial charge in [-0.15, -0.1) is 0 Å². The number of ether oxygens (including phenoxy) is 2. The lowest BCUT2D eigenvalue weighted by Gasteiger charge is -2.36. The van der Waals surface area contributed by atoms with Crippen LogP contribution in [0.5, 0.6) is 23.3 Å². The van der Waals surface area contributed by atoms with Gasteiger partial charge in [-0.2, -0.15) is 0 Å². The lowest BCUT2D eigenvalue weighted by molar-refractivity contribution is 0.0528. The van der Waals surface area contributed by atoms with Crippen molar-refractivity contribution >= 4 is 81.5 Å². The molecule has 2 aromatic carbocycles. The fraction of sp³-hybridized carbons (Fsp3) is 0.526. The van der Waals surface area contributed by atoms with E-state index in [1.165, 1.54) is 9.13 Å². The number of fused-ring (bicyclic) bond motifs is 2. The van der Waals surface area contributed by atoms with Crippen LogP contribution in [0.2, 0.25) is 46.3 Å². The number of aromatic nitrogens is 2. The summed E-state index contributed by atoms with van der Waals surface area (Å²) in [6.07, 6.45) is -1.33. The number of halogens is 2. The van der Waals surface area contributed by atoms with Crippen LogP contribution >= 0.6 is 23.2 Å². The van der Waals surface area contributed by atoms with E-state index in [-0.39, 0.29) is 21.8 Å². The van der Waals surface area contributed by atoms with E-state index in [0.717, 1.165) is 0 Å². The molecular weight excluding hydrogens is 750 g/mol. The first-order chi connectivity index (χ1) is 23.9. The fourth-order valence-electron chi connectivity index (χ4n) is 4.77. The average Bonchev–Trinajstić information content (AvgIpc) is 3.52. The molecule has 0 spiro atoms. The molecule has 53 heavy (non-hydrogen) atoms. The maximum atomic E-state index is 13.6. The summed E-state index contributed by atoms with van der Waals surface area (Å²) in [6.45, 7) is 32.1. The van der Waals surface area contributed by atoms with Crippen LogP contribution in [0, 0.1) is 0 Å². The van der Waals surface area contributed by atoms with Gasteiger partial charge in [0.1, 0.15) is 22.7 Å². The van der Waals surface area contributed by atoms with Crippen molar-refractivity contribution in [2.24, 2.45) is 0 Å². The molecule has 0 radical (unpaired) electrons. The highest BCUT2D eigenvalue weighted by Crippen LogP contribution is 2.44. The minimum atomic E-state index is -2.25. The Bertz CT molecular complexity index is 1890. The predicted octanol–water partition coefficient (Wildman–Crippen LogP) is 12.0. The first-order valence-electron chi connectivity index (χ1n) is 17.7. The lowest BCUT2D eigenvalue weighted by atomic mass is 10.2. The topological polar surface area (TPSA) is 99.4 Å². The Morgan fingerprint density at radius 3 is 1.19 bits per heavy atom. The molecule has 0 aliphatic carbocycles. The van der Waals surface area contributed by atoms with E-state index in [1.807, 2.05) is 0 Å². The van der Waals surface area contributed by atoms with Gasteiger partial charge in [-0.1, -0.05) is 64.7 Å². The molecule has 0 amide bonds. The molecule has 0 atom stereocenters. The third-order valence-electron chi connectivity index (χ3n) is 9.61. The molecule has 2 heterocycles. The zero-order valence-corrected chi connectivity index (χ0v) is 37.6. The number of hydrogen-bond donors (Lipinski definition) is 0. The van der Waals surface area contributed by atoms with Crippen LogP contribution in [0.4, 0.5) is 9.59 Å². The summed E-state index contributed by atoms with van der Waals surface area (Å²) in [6, 6.07) is 10.3. The first kappa shape index (κ1) is 42.5. The van der Waals surface area contributed by atoms with E-state index in [4.69, 9.17) is 50.8 Å². The highest BCUT2D eigenvalue weighted by molar-refractivity contribution is 6.75. The molecule has 15 heteroatoms. The molecule has 0 fully saturated rings. The van der Waals surface area contributed by atoms with Gasteiger partial charge in [-0.25, -0.2) is 18.7 Å². The quantitative estimate of drug-likeness (QED) is 0.162. The van der Waals surface area contributed by atoms with Gasteiger partial charge in [-0.3, -0.25) is 0 Å². The third kappa shape index (κ3) is 9.35. The minimum absolute atomic E-state index is 0.0648. The molecule has 0 bridgehead atoms. The fourth-order valence-corrected chi connectivity index (χ4v) is 7.46. The Hall–Kier alpha value is -3.26. The lowest BCUT2D eigenvalue weighted by Crippen LogP contribution is -2.43. The summed E-state index contributed by atoms with van der Waals surface area (Å²) in [5, 5.41) is 1.63. The van der Waals surface area contributed by atoms with Crippen LogP contribution in [0.15, 0.2) is 36.4 Å². The van der Waals surface area contributed by atoms with E-state index in [1.54, 1.807) is 77.9 Å². The molecular formula is C38H55BCl2N2O8Si2. The number of hydrogen-bond acceptors (Lipinski definition) is 8. The predicted molar refractivity (Wildman–Crippen MR) is 221 cm³/mol. The Morgan fingerprint density at radius 2 is 0.906 bits per heavy atom. The number of rotatable bonds is 8. The Morgan fingerprint density at radius 1 is 0.585 bits per heavy atom. The summed E-state index contributed by atoms with van der Waals surface area (Å²) < 4.78 is 39.5. The van der Waals surface area contributed by atoms with Gasteiger partial charge >= 0.3 is 19.9 Å². The summed E-state index contributed by atoms with van der Waals surface area (Å²) in [7, 11) is -4.90. The molecule has 0 aliphatic rings. The van der Waals surface area contributed by atoms with Gasteiger partial charge in [0.2, 0.25) is 0 Å². The Balaban J connectivity index is 1.77. The normalized spacial score (nSPS) is 13.2. The van der Waals surface area contributed by atoms with E-state index >= 15 is 0 Å². The molecule has 290 valence electrons. The van der Waals surface area contributed by atoms with Crippen molar-refractivity contribution in [3.8, 4) is 23.3 Å². The second-order valence-electron chi connectivity index (χ2n) is 18.3. The summed E-state index contributed by atoms with van der Waals surface area (Å²) in [5.74, 6) is 1.27. The van der Waals surface area contributed by atoms with Gasteiger partial charge < -0.3 is 27.6 Å². The van der Waals surface area contributed by atoms with Crippen molar-refractivity contribution in [2.75, 3.05) is 0 Å². The molecule has 0 saturated heterocycles. The van der Waals surface area contributed by atoms with Crippen molar-refractivity contribution in [1.82, 2.24) is 9.13 Å². The number of carbonyl (C=O) groups excluding carboxylic acids is 2. The first-order valence-corrected chi connectivity index (χ1v) is 24.3. The highest BCUT2D eigenvalue weighted by atomic mass is 35.5. The van der Waals surface area contributed by atoms with E-state index in [0.29, 0.717) is 43.4 Å². The maximum Gasteiger partial charge on any atom is 0.578 e. The SMILES string of the molecule is CC(C)(C)OC(=O)n1c(OBOc2cc3c(Cl)c(O[Si](C)(C)C(C)(C)C)ccc3n2C(=O)OC(C)(C)C)cc2c(Cl)c(O[Si](C)(C)C(C)(C)C)ccc21. The molecule has 4 rings (SSSR count). The molecule has 2 aromatic heterocycles. The Kier molecular flexibility index (Phi) is 11.6. The Labute approximate surface area is 326 Å². The molecule has 0 N–H and O–H groups in total. The average molecular weight is 806 g/mol. The van der Waals surface area contributed by atoms with Crippen LogP contribution in [-0.4, -0.2) is 56.8 Å². The van der Waals surface area contributed by atoms with Gasteiger partial charge in [0.25, 0.3) is 16.6 Å². The van der Waals surface area contributed by atoms with Crippen molar-refractivity contribution in [3.05, 3.63) is 46.4 Å². The zero-order chi connectivity index (χ0) is 40.3. The smallest absolute Gasteiger partial charge is 0.542 e. The monoisotopic (exact) mass is 804 g/mol. The van der Waals surface area contributed by atoms with E-state index in [2.05, 4.69) is 67.7 Å². The number of carbonyl (C=O) groups is 2. The molecule has 0 unspecified atom stereocenters. The van der Waals surface area contributed by atoms with Crippen LogP contribution < -0.4 is 18.2 Å². The van der Waals surface area contributed by atoms with Crippen LogP contribution in [0.3, 0.4) is 0 Å². The standard InChI is InChI=1S/C38H55BCl2N2O8Si2/c1-35(2,3)46-33(44)42-25-17-19-27(50-52(13,14)37(7,8)9)31(40)23(25)21-29(42)48-39-49-30-22-24-26(43(30)34(45)47-36(4,5)6)18-20-28(32(24)41)51-53(15,16)38(10,11)12/h17-22,39H,1-16H3.